The number of ether oxygens (including phenoxy) is 1. The summed E-state index contributed by atoms with van der Waals surface area (Å²) in [6, 6.07) is 9.66. The van der Waals surface area contributed by atoms with E-state index < -0.39 is 16.8 Å². The molecule has 20 heavy (non-hydrogen) atoms. The van der Waals surface area contributed by atoms with E-state index in [1.165, 1.54) is 12.1 Å². The van der Waals surface area contributed by atoms with Crippen molar-refractivity contribution in [1.82, 2.24) is 0 Å². The van der Waals surface area contributed by atoms with Gasteiger partial charge in [-0.25, -0.2) is 4.39 Å². The number of benzene rings is 2. The standard InChI is InChI=1S/C14H12FNO4/c1-9(17)10-2-5-12(6-3-10)20-14-7-4-11(16(18)19)8-13(14)15/h2-9,17H,1H3. The Kier molecular flexibility index (Phi) is 3.95. The molecule has 1 atom stereocenters. The van der Waals surface area contributed by atoms with Gasteiger partial charge in [0.15, 0.2) is 11.6 Å². The lowest BCUT2D eigenvalue weighted by molar-refractivity contribution is -0.385. The van der Waals surface area contributed by atoms with Gasteiger partial charge in [0.25, 0.3) is 5.69 Å². The topological polar surface area (TPSA) is 72.6 Å². The fourth-order valence-electron chi connectivity index (χ4n) is 1.63. The third-order valence-electron chi connectivity index (χ3n) is 2.72. The minimum absolute atomic E-state index is 0.0969. The van der Waals surface area contributed by atoms with Crippen molar-refractivity contribution in [3.8, 4) is 11.5 Å². The average Bonchev–Trinajstić information content (AvgIpc) is 2.41. The molecule has 5 nitrogen and oxygen atoms in total. The van der Waals surface area contributed by atoms with Crippen LogP contribution in [-0.4, -0.2) is 10.0 Å². The summed E-state index contributed by atoms with van der Waals surface area (Å²) >= 11 is 0. The second-order valence-electron chi connectivity index (χ2n) is 4.22. The summed E-state index contributed by atoms with van der Waals surface area (Å²) in [5.74, 6) is -0.527. The van der Waals surface area contributed by atoms with Crippen LogP contribution in [0.5, 0.6) is 11.5 Å². The van der Waals surface area contributed by atoms with Crippen molar-refractivity contribution in [1.29, 1.82) is 0 Å². The van der Waals surface area contributed by atoms with Gasteiger partial charge in [-0.1, -0.05) is 12.1 Å². The largest absolute Gasteiger partial charge is 0.454 e. The number of non-ortho nitro benzene ring substituents is 1. The fraction of sp³-hybridized carbons (Fsp3) is 0.143. The van der Waals surface area contributed by atoms with E-state index in [1.807, 2.05) is 0 Å². The Labute approximate surface area is 114 Å². The highest BCUT2D eigenvalue weighted by molar-refractivity contribution is 5.40. The fourth-order valence-corrected chi connectivity index (χ4v) is 1.63. The Balaban J connectivity index is 2.19. The maximum atomic E-state index is 13.6. The summed E-state index contributed by atoms with van der Waals surface area (Å²) in [7, 11) is 0. The van der Waals surface area contributed by atoms with E-state index in [0.29, 0.717) is 11.3 Å². The van der Waals surface area contributed by atoms with E-state index in [9.17, 15) is 19.6 Å². The molecule has 0 aliphatic carbocycles. The number of hydrogen-bond acceptors (Lipinski definition) is 4. The van der Waals surface area contributed by atoms with Gasteiger partial charge in [0.05, 0.1) is 17.1 Å². The lowest BCUT2D eigenvalue weighted by Gasteiger charge is -2.08. The minimum atomic E-state index is -0.807. The molecule has 0 aromatic heterocycles. The highest BCUT2D eigenvalue weighted by Crippen LogP contribution is 2.28. The van der Waals surface area contributed by atoms with Crippen LogP contribution in [0.15, 0.2) is 42.5 Å². The molecule has 1 N–H and O–H groups in total. The van der Waals surface area contributed by atoms with Crippen molar-refractivity contribution < 1.29 is 19.2 Å². The zero-order valence-electron chi connectivity index (χ0n) is 10.6. The molecule has 0 amide bonds. The third-order valence-corrected chi connectivity index (χ3v) is 2.72. The van der Waals surface area contributed by atoms with E-state index in [-0.39, 0.29) is 11.4 Å². The number of aliphatic hydroxyl groups is 1. The number of nitro groups is 1. The van der Waals surface area contributed by atoms with E-state index in [1.54, 1.807) is 31.2 Å². The van der Waals surface area contributed by atoms with Crippen LogP contribution in [0, 0.1) is 15.9 Å². The van der Waals surface area contributed by atoms with Gasteiger partial charge >= 0.3 is 0 Å². The molecule has 0 fully saturated rings. The Morgan fingerprint density at radius 3 is 2.40 bits per heavy atom. The van der Waals surface area contributed by atoms with Crippen LogP contribution in [0.25, 0.3) is 0 Å². The summed E-state index contributed by atoms with van der Waals surface area (Å²) in [4.78, 5) is 9.82. The lowest BCUT2D eigenvalue weighted by atomic mass is 10.1. The van der Waals surface area contributed by atoms with Crippen molar-refractivity contribution in [2.45, 2.75) is 13.0 Å². The summed E-state index contributed by atoms with van der Waals surface area (Å²) in [6.45, 7) is 1.63. The quantitative estimate of drug-likeness (QED) is 0.684. The number of halogens is 1. The number of nitrogens with zero attached hydrogens (tertiary/aromatic N) is 1. The van der Waals surface area contributed by atoms with Gasteiger partial charge in [0.2, 0.25) is 0 Å². The summed E-state index contributed by atoms with van der Waals surface area (Å²) < 4.78 is 18.9. The summed E-state index contributed by atoms with van der Waals surface area (Å²) in [5.41, 5.74) is 0.376. The van der Waals surface area contributed by atoms with Crippen molar-refractivity contribution in [2.75, 3.05) is 0 Å². The average molecular weight is 277 g/mol. The molecule has 6 heteroatoms. The number of aliphatic hydroxyl groups excluding tert-OH is 1. The van der Waals surface area contributed by atoms with Crippen molar-refractivity contribution >= 4 is 5.69 Å². The molecule has 0 saturated carbocycles. The van der Waals surface area contributed by atoms with Crippen molar-refractivity contribution in [3.05, 3.63) is 64.0 Å². The Bertz CT molecular complexity index is 626. The van der Waals surface area contributed by atoms with Gasteiger partial charge in [-0.05, 0) is 30.7 Å². The first-order chi connectivity index (χ1) is 9.47. The molecule has 0 saturated heterocycles. The van der Waals surface area contributed by atoms with Crippen LogP contribution >= 0.6 is 0 Å². The van der Waals surface area contributed by atoms with Gasteiger partial charge in [-0.15, -0.1) is 0 Å². The van der Waals surface area contributed by atoms with E-state index in [0.717, 1.165) is 6.07 Å². The molecule has 0 aliphatic heterocycles. The first kappa shape index (κ1) is 14.0. The first-order valence-electron chi connectivity index (χ1n) is 5.87. The van der Waals surface area contributed by atoms with Crippen LogP contribution in [0.1, 0.15) is 18.6 Å². The second kappa shape index (κ2) is 5.66. The molecule has 2 aromatic rings. The third kappa shape index (κ3) is 3.10. The molecule has 1 unspecified atom stereocenters. The van der Waals surface area contributed by atoms with Gasteiger partial charge in [-0.3, -0.25) is 10.1 Å². The van der Waals surface area contributed by atoms with Crippen LogP contribution in [0.2, 0.25) is 0 Å². The Hall–Kier alpha value is -2.47. The number of rotatable bonds is 4. The molecular formula is C14H12FNO4. The smallest absolute Gasteiger partial charge is 0.272 e. The van der Waals surface area contributed by atoms with Crippen LogP contribution in [-0.2, 0) is 0 Å². The van der Waals surface area contributed by atoms with Crippen LogP contribution < -0.4 is 4.74 Å². The maximum absolute atomic E-state index is 13.6. The molecule has 0 radical (unpaired) electrons. The van der Waals surface area contributed by atoms with Crippen LogP contribution in [0.3, 0.4) is 0 Å². The summed E-state index contributed by atoms with van der Waals surface area (Å²) in [5, 5.41) is 19.9. The highest BCUT2D eigenvalue weighted by atomic mass is 19.1. The molecular weight excluding hydrogens is 265 g/mol. The molecule has 2 aromatic carbocycles. The molecule has 0 spiro atoms. The van der Waals surface area contributed by atoms with Gasteiger partial charge < -0.3 is 9.84 Å². The van der Waals surface area contributed by atoms with Crippen molar-refractivity contribution in [2.24, 2.45) is 0 Å². The summed E-state index contributed by atoms with van der Waals surface area (Å²) in [6.07, 6.45) is -0.597. The van der Waals surface area contributed by atoms with Gasteiger partial charge in [0, 0.05) is 6.07 Å². The predicted molar refractivity (Wildman–Crippen MR) is 70.2 cm³/mol. The van der Waals surface area contributed by atoms with E-state index >= 15 is 0 Å². The monoisotopic (exact) mass is 277 g/mol. The lowest BCUT2D eigenvalue weighted by Crippen LogP contribution is -1.93. The molecule has 0 aliphatic rings. The van der Waals surface area contributed by atoms with E-state index in [4.69, 9.17) is 4.74 Å². The highest BCUT2D eigenvalue weighted by Gasteiger charge is 2.12. The van der Waals surface area contributed by atoms with Crippen LogP contribution in [0.4, 0.5) is 10.1 Å². The molecule has 104 valence electrons. The zero-order valence-corrected chi connectivity index (χ0v) is 10.6. The maximum Gasteiger partial charge on any atom is 0.272 e. The SMILES string of the molecule is CC(O)c1ccc(Oc2ccc([N+](=O)[O-])cc2F)cc1. The zero-order chi connectivity index (χ0) is 14.7. The predicted octanol–water partition coefficient (Wildman–Crippen LogP) is 3.58. The second-order valence-corrected chi connectivity index (χ2v) is 4.22. The molecule has 0 heterocycles. The Morgan fingerprint density at radius 2 is 1.90 bits per heavy atom. The van der Waals surface area contributed by atoms with Crippen molar-refractivity contribution in [3.63, 3.8) is 0 Å². The molecule has 2 rings (SSSR count). The van der Waals surface area contributed by atoms with Gasteiger partial charge in [-0.2, -0.15) is 0 Å². The molecule has 0 bridgehead atoms. The number of hydrogen-bond donors (Lipinski definition) is 1. The normalized spacial score (nSPS) is 11.9. The minimum Gasteiger partial charge on any atom is -0.454 e. The first-order valence-corrected chi connectivity index (χ1v) is 5.87. The number of nitro benzene ring substituents is 1. The Morgan fingerprint density at radius 1 is 1.25 bits per heavy atom. The van der Waals surface area contributed by atoms with E-state index in [2.05, 4.69) is 0 Å². The van der Waals surface area contributed by atoms with Gasteiger partial charge in [0.1, 0.15) is 5.75 Å².